The maximum Gasteiger partial charge on any atom is 0.416 e. The average molecular weight is 535 g/mol. The third kappa shape index (κ3) is 12.6. The Balaban J connectivity index is 1.80. The van der Waals surface area contributed by atoms with Crippen molar-refractivity contribution in [3.63, 3.8) is 0 Å². The summed E-state index contributed by atoms with van der Waals surface area (Å²) in [5.74, 6) is -0.702. The number of nitrogens with one attached hydrogen (secondary N) is 1. The van der Waals surface area contributed by atoms with Crippen molar-refractivity contribution >= 4 is 11.9 Å². The van der Waals surface area contributed by atoms with Crippen molar-refractivity contribution in [3.05, 3.63) is 70.8 Å². The fourth-order valence-corrected chi connectivity index (χ4v) is 4.24. The van der Waals surface area contributed by atoms with Crippen LogP contribution >= 0.6 is 0 Å². The molecule has 0 saturated carbocycles. The van der Waals surface area contributed by atoms with Gasteiger partial charge in [0.25, 0.3) is 5.91 Å². The fraction of sp³-hybridized carbons (Fsp3) is 0.533. The van der Waals surface area contributed by atoms with Gasteiger partial charge in [0, 0.05) is 19.0 Å². The van der Waals surface area contributed by atoms with Gasteiger partial charge in [0.15, 0.2) is 0 Å². The number of carbonyl (C=O) groups excluding carboxylic acids is 2. The molecular weight excluding hydrogens is 493 g/mol. The van der Waals surface area contributed by atoms with Crippen molar-refractivity contribution < 1.29 is 27.6 Å². The summed E-state index contributed by atoms with van der Waals surface area (Å²) in [6, 6.07) is 11.7. The molecule has 0 atom stereocenters. The van der Waals surface area contributed by atoms with E-state index < -0.39 is 17.7 Å². The number of rotatable bonds is 17. The van der Waals surface area contributed by atoms with Crippen LogP contribution in [0.4, 0.5) is 13.2 Å². The molecule has 1 amide bonds. The van der Waals surface area contributed by atoms with E-state index in [0.29, 0.717) is 17.7 Å². The molecule has 0 spiro atoms. The molecule has 8 heteroatoms. The molecule has 0 aliphatic carbocycles. The van der Waals surface area contributed by atoms with Crippen LogP contribution in [0.2, 0.25) is 0 Å². The van der Waals surface area contributed by atoms with Gasteiger partial charge in [-0.05, 0) is 41.8 Å². The maximum absolute atomic E-state index is 12.8. The minimum absolute atomic E-state index is 0.104. The van der Waals surface area contributed by atoms with Crippen LogP contribution in [-0.2, 0) is 28.9 Å². The molecule has 0 aliphatic rings. The molecule has 0 radical (unpaired) electrons. The van der Waals surface area contributed by atoms with E-state index in [0.717, 1.165) is 30.5 Å². The van der Waals surface area contributed by atoms with E-state index in [9.17, 15) is 22.8 Å². The summed E-state index contributed by atoms with van der Waals surface area (Å²) in [6.07, 6.45) is 7.91. The van der Waals surface area contributed by atoms with Crippen LogP contribution in [-0.4, -0.2) is 23.5 Å². The number of amides is 1. The normalized spacial score (nSPS) is 11.5. The minimum Gasteiger partial charge on any atom is -0.368 e. The van der Waals surface area contributed by atoms with E-state index in [-0.39, 0.29) is 19.0 Å². The Morgan fingerprint density at radius 2 is 1.39 bits per heavy atom. The van der Waals surface area contributed by atoms with Crippen molar-refractivity contribution in [2.75, 3.05) is 6.54 Å². The van der Waals surface area contributed by atoms with Crippen LogP contribution in [0.1, 0.15) is 105 Å². The van der Waals surface area contributed by atoms with Crippen molar-refractivity contribution in [1.82, 2.24) is 10.4 Å². The third-order valence-corrected chi connectivity index (χ3v) is 6.26. The number of hydrogen-bond donors (Lipinski definition) is 1. The van der Waals surface area contributed by atoms with E-state index in [1.54, 1.807) is 18.2 Å². The summed E-state index contributed by atoms with van der Waals surface area (Å²) in [7, 11) is 0. The standard InChI is InChI=1S/C30H41F3N2O3/c1-3-4-5-6-7-8-9-10-11-12-20-34-29(37)27-15-13-14-26(21-27)23-35(38-24(2)36)22-25-16-18-28(19-17-25)30(31,32)33/h13-19,21H,3-12,20,22-23H2,1-2H3,(H,34,37). The highest BCUT2D eigenvalue weighted by Crippen LogP contribution is 2.29. The molecular formula is C30H41F3N2O3. The molecule has 2 aromatic carbocycles. The second-order valence-corrected chi connectivity index (χ2v) is 9.71. The lowest BCUT2D eigenvalue weighted by Crippen LogP contribution is -2.26. The molecule has 2 aromatic rings. The van der Waals surface area contributed by atoms with Crippen molar-refractivity contribution in [1.29, 1.82) is 0 Å². The van der Waals surface area contributed by atoms with Crippen LogP contribution in [0.25, 0.3) is 0 Å². The number of hydrogen-bond acceptors (Lipinski definition) is 4. The number of halogens is 3. The summed E-state index contributed by atoms with van der Waals surface area (Å²) in [5.41, 5.74) is 1.07. The van der Waals surface area contributed by atoms with Gasteiger partial charge >= 0.3 is 12.1 Å². The largest absolute Gasteiger partial charge is 0.416 e. The highest BCUT2D eigenvalue weighted by molar-refractivity contribution is 5.94. The first-order chi connectivity index (χ1) is 18.2. The molecule has 210 valence electrons. The fourth-order valence-electron chi connectivity index (χ4n) is 4.24. The van der Waals surface area contributed by atoms with Gasteiger partial charge in [-0.1, -0.05) is 89.0 Å². The Bertz CT molecular complexity index is 977. The molecule has 0 fully saturated rings. The number of nitrogens with zero attached hydrogens (tertiary/aromatic N) is 1. The number of hydroxylamine groups is 2. The highest BCUT2D eigenvalue weighted by atomic mass is 19.4. The Morgan fingerprint density at radius 1 is 0.816 bits per heavy atom. The molecule has 38 heavy (non-hydrogen) atoms. The van der Waals surface area contributed by atoms with Crippen LogP contribution in [0, 0.1) is 0 Å². The third-order valence-electron chi connectivity index (χ3n) is 6.26. The smallest absolute Gasteiger partial charge is 0.368 e. The van der Waals surface area contributed by atoms with Gasteiger partial charge < -0.3 is 10.2 Å². The van der Waals surface area contributed by atoms with Crippen molar-refractivity contribution in [2.24, 2.45) is 0 Å². The lowest BCUT2D eigenvalue weighted by molar-refractivity contribution is -0.194. The summed E-state index contributed by atoms with van der Waals surface area (Å²) >= 11 is 0. The van der Waals surface area contributed by atoms with E-state index in [4.69, 9.17) is 4.84 Å². The highest BCUT2D eigenvalue weighted by Gasteiger charge is 2.30. The maximum atomic E-state index is 12.8. The zero-order chi connectivity index (χ0) is 27.8. The predicted octanol–water partition coefficient (Wildman–Crippen LogP) is 7.84. The summed E-state index contributed by atoms with van der Waals surface area (Å²) in [4.78, 5) is 29.5. The molecule has 5 nitrogen and oxygen atoms in total. The lowest BCUT2D eigenvalue weighted by Gasteiger charge is -2.21. The van der Waals surface area contributed by atoms with Gasteiger partial charge in [0.1, 0.15) is 0 Å². The topological polar surface area (TPSA) is 58.6 Å². The number of carbonyl (C=O) groups is 2. The van der Waals surface area contributed by atoms with Gasteiger partial charge in [-0.15, -0.1) is 5.06 Å². The number of alkyl halides is 3. The first-order valence-electron chi connectivity index (χ1n) is 13.7. The van der Waals surface area contributed by atoms with Crippen molar-refractivity contribution in [3.8, 4) is 0 Å². The van der Waals surface area contributed by atoms with Crippen LogP contribution in [0.3, 0.4) is 0 Å². The van der Waals surface area contributed by atoms with E-state index in [1.165, 1.54) is 75.5 Å². The Kier molecular flexibility index (Phi) is 13.9. The zero-order valence-electron chi connectivity index (χ0n) is 22.6. The number of benzene rings is 2. The zero-order valence-corrected chi connectivity index (χ0v) is 22.6. The molecule has 0 unspecified atom stereocenters. The Hall–Kier alpha value is -2.87. The Morgan fingerprint density at radius 3 is 1.97 bits per heavy atom. The van der Waals surface area contributed by atoms with Gasteiger partial charge in [0.2, 0.25) is 0 Å². The second kappa shape index (κ2) is 16.9. The van der Waals surface area contributed by atoms with Crippen LogP contribution in [0.15, 0.2) is 48.5 Å². The van der Waals surface area contributed by atoms with Gasteiger partial charge in [0.05, 0.1) is 18.7 Å². The molecule has 0 aromatic heterocycles. The second-order valence-electron chi connectivity index (χ2n) is 9.71. The predicted molar refractivity (Wildman–Crippen MR) is 143 cm³/mol. The molecule has 0 bridgehead atoms. The average Bonchev–Trinajstić information content (AvgIpc) is 2.86. The monoisotopic (exact) mass is 534 g/mol. The summed E-state index contributed by atoms with van der Waals surface area (Å²) < 4.78 is 38.5. The van der Waals surface area contributed by atoms with Gasteiger partial charge in [-0.25, -0.2) is 0 Å². The molecule has 2 rings (SSSR count). The molecule has 0 aliphatic heterocycles. The molecule has 0 heterocycles. The minimum atomic E-state index is -4.41. The van der Waals surface area contributed by atoms with Gasteiger partial charge in [-0.2, -0.15) is 13.2 Å². The van der Waals surface area contributed by atoms with E-state index in [2.05, 4.69) is 12.2 Å². The van der Waals surface area contributed by atoms with Crippen LogP contribution < -0.4 is 5.32 Å². The quantitative estimate of drug-likeness (QED) is 0.166. The van der Waals surface area contributed by atoms with E-state index in [1.807, 2.05) is 6.07 Å². The molecule has 1 N–H and O–H groups in total. The van der Waals surface area contributed by atoms with Gasteiger partial charge in [-0.3, -0.25) is 9.59 Å². The van der Waals surface area contributed by atoms with E-state index >= 15 is 0 Å². The first kappa shape index (κ1) is 31.3. The SMILES string of the molecule is CCCCCCCCCCCCNC(=O)c1cccc(CN(Cc2ccc(C(F)(F)F)cc2)OC(C)=O)c1. The van der Waals surface area contributed by atoms with Crippen molar-refractivity contribution in [2.45, 2.75) is 97.3 Å². The Labute approximate surface area is 224 Å². The first-order valence-corrected chi connectivity index (χ1v) is 13.7. The van der Waals surface area contributed by atoms with Crippen LogP contribution in [0.5, 0.6) is 0 Å². The number of unbranched alkanes of at least 4 members (excludes halogenated alkanes) is 9. The molecule has 0 saturated heterocycles. The lowest BCUT2D eigenvalue weighted by atomic mass is 10.1. The summed E-state index contributed by atoms with van der Waals surface area (Å²) in [6.45, 7) is 4.39. The summed E-state index contributed by atoms with van der Waals surface area (Å²) in [5, 5.41) is 4.33.